The Balaban J connectivity index is 2.04. The van der Waals surface area contributed by atoms with E-state index in [-0.39, 0.29) is 5.75 Å². The van der Waals surface area contributed by atoms with Gasteiger partial charge in [0.1, 0.15) is 0 Å². The second-order valence-corrected chi connectivity index (χ2v) is 6.38. The van der Waals surface area contributed by atoms with Crippen LogP contribution in [-0.4, -0.2) is 19.2 Å². The van der Waals surface area contributed by atoms with Crippen molar-refractivity contribution < 1.29 is 8.42 Å². The molecule has 100 valence electrons. The summed E-state index contributed by atoms with van der Waals surface area (Å²) in [6, 6.07) is 12.5. The minimum Gasteiger partial charge on any atom is -0.379 e. The summed E-state index contributed by atoms with van der Waals surface area (Å²) in [5, 5.41) is 3.20. The molecule has 0 bridgehead atoms. The van der Waals surface area contributed by atoms with Crippen LogP contribution in [0.15, 0.2) is 53.6 Å². The monoisotopic (exact) mass is 276 g/mol. The number of nitrogens with one attached hydrogen (secondary N) is 1. The zero-order chi connectivity index (χ0) is 13.7. The number of hydrogen-bond acceptors (Lipinski definition) is 4. The van der Waals surface area contributed by atoms with Crippen molar-refractivity contribution in [3.8, 4) is 0 Å². The van der Waals surface area contributed by atoms with Crippen LogP contribution in [0.2, 0.25) is 0 Å². The molecule has 0 radical (unpaired) electrons. The summed E-state index contributed by atoms with van der Waals surface area (Å²) in [6.45, 7) is 2.25. The van der Waals surface area contributed by atoms with Crippen LogP contribution in [0.1, 0.15) is 12.6 Å². The third-order valence-electron chi connectivity index (χ3n) is 2.79. The Bertz CT molecular complexity index is 622. The van der Waals surface area contributed by atoms with Gasteiger partial charge in [-0.1, -0.05) is 13.0 Å². The second kappa shape index (κ2) is 5.84. The van der Waals surface area contributed by atoms with Crippen LogP contribution in [0.25, 0.3) is 0 Å². The lowest BCUT2D eigenvalue weighted by atomic mass is 10.3. The van der Waals surface area contributed by atoms with Gasteiger partial charge in [-0.3, -0.25) is 4.98 Å². The Morgan fingerprint density at radius 2 is 1.84 bits per heavy atom. The Morgan fingerprint density at radius 1 is 1.11 bits per heavy atom. The zero-order valence-electron chi connectivity index (χ0n) is 10.7. The van der Waals surface area contributed by atoms with Gasteiger partial charge in [0, 0.05) is 11.9 Å². The lowest BCUT2D eigenvalue weighted by molar-refractivity contribution is 0.597. The molecule has 1 aromatic carbocycles. The highest BCUT2D eigenvalue weighted by molar-refractivity contribution is 7.91. The summed E-state index contributed by atoms with van der Waals surface area (Å²) in [7, 11) is -3.12. The quantitative estimate of drug-likeness (QED) is 0.911. The number of pyridine rings is 1. The summed E-state index contributed by atoms with van der Waals surface area (Å²) in [4.78, 5) is 4.57. The van der Waals surface area contributed by atoms with Gasteiger partial charge >= 0.3 is 0 Å². The van der Waals surface area contributed by atoms with Gasteiger partial charge in [0.25, 0.3) is 0 Å². The first-order valence-corrected chi connectivity index (χ1v) is 7.73. The van der Waals surface area contributed by atoms with E-state index in [9.17, 15) is 8.42 Å². The molecule has 0 atom stereocenters. The molecule has 19 heavy (non-hydrogen) atoms. The van der Waals surface area contributed by atoms with Crippen LogP contribution in [-0.2, 0) is 16.4 Å². The van der Waals surface area contributed by atoms with Gasteiger partial charge < -0.3 is 5.32 Å². The molecule has 0 unspecified atom stereocenters. The van der Waals surface area contributed by atoms with Crippen molar-refractivity contribution in [2.24, 2.45) is 0 Å². The molecule has 0 saturated heterocycles. The smallest absolute Gasteiger partial charge is 0.178 e. The fraction of sp³-hybridized carbons (Fsp3) is 0.214. The summed E-state index contributed by atoms with van der Waals surface area (Å²) < 4.78 is 23.3. The van der Waals surface area contributed by atoms with Crippen molar-refractivity contribution in [2.75, 3.05) is 11.1 Å². The van der Waals surface area contributed by atoms with Crippen LogP contribution in [0.4, 0.5) is 5.69 Å². The van der Waals surface area contributed by atoms with E-state index in [1.165, 1.54) is 0 Å². The number of nitrogens with zero attached hydrogens (tertiary/aromatic N) is 1. The van der Waals surface area contributed by atoms with Gasteiger partial charge in [-0.2, -0.15) is 0 Å². The number of anilines is 1. The van der Waals surface area contributed by atoms with Crippen molar-refractivity contribution in [2.45, 2.75) is 18.4 Å². The SMILES string of the molecule is CCS(=O)(=O)c1ccc(NCc2ccccn2)cc1. The molecule has 0 amide bonds. The summed E-state index contributed by atoms with van der Waals surface area (Å²) in [5.41, 5.74) is 1.81. The zero-order valence-corrected chi connectivity index (χ0v) is 11.5. The molecule has 4 nitrogen and oxygen atoms in total. The second-order valence-electron chi connectivity index (χ2n) is 4.10. The normalized spacial score (nSPS) is 11.2. The molecule has 1 N–H and O–H groups in total. The maximum absolute atomic E-state index is 11.7. The van der Waals surface area contributed by atoms with Crippen LogP contribution in [0, 0.1) is 0 Å². The first kappa shape index (κ1) is 13.5. The first-order chi connectivity index (χ1) is 9.12. The van der Waals surface area contributed by atoms with Gasteiger partial charge in [-0.05, 0) is 36.4 Å². The molecule has 2 rings (SSSR count). The fourth-order valence-corrected chi connectivity index (χ4v) is 2.53. The third kappa shape index (κ3) is 3.54. The molecule has 0 aliphatic heterocycles. The van der Waals surface area contributed by atoms with E-state index in [0.717, 1.165) is 11.4 Å². The molecule has 0 saturated carbocycles. The molecular formula is C14H16N2O2S. The van der Waals surface area contributed by atoms with Crippen molar-refractivity contribution in [3.05, 3.63) is 54.4 Å². The molecule has 5 heteroatoms. The van der Waals surface area contributed by atoms with E-state index >= 15 is 0 Å². The molecule has 0 spiro atoms. The summed E-state index contributed by atoms with van der Waals surface area (Å²) in [5.74, 6) is 0.119. The predicted octanol–water partition coefficient (Wildman–Crippen LogP) is 2.49. The van der Waals surface area contributed by atoms with Gasteiger partial charge in [0.05, 0.1) is 22.9 Å². The number of aromatic nitrogens is 1. The topological polar surface area (TPSA) is 59.1 Å². The van der Waals surface area contributed by atoms with E-state index in [2.05, 4.69) is 10.3 Å². The average molecular weight is 276 g/mol. The van der Waals surface area contributed by atoms with Gasteiger partial charge in [0.2, 0.25) is 0 Å². The van der Waals surface area contributed by atoms with Crippen LogP contribution in [0.3, 0.4) is 0 Å². The maximum Gasteiger partial charge on any atom is 0.178 e. The molecule has 1 heterocycles. The predicted molar refractivity (Wildman–Crippen MR) is 75.7 cm³/mol. The Labute approximate surface area is 113 Å². The molecule has 2 aromatic rings. The highest BCUT2D eigenvalue weighted by atomic mass is 32.2. The van der Waals surface area contributed by atoms with E-state index in [0.29, 0.717) is 11.4 Å². The van der Waals surface area contributed by atoms with E-state index in [4.69, 9.17) is 0 Å². The lowest BCUT2D eigenvalue weighted by Crippen LogP contribution is -2.04. The average Bonchev–Trinajstić information content (AvgIpc) is 2.47. The lowest BCUT2D eigenvalue weighted by Gasteiger charge is -2.07. The third-order valence-corrected chi connectivity index (χ3v) is 4.54. The number of sulfone groups is 1. The van der Waals surface area contributed by atoms with Gasteiger partial charge in [-0.15, -0.1) is 0 Å². The van der Waals surface area contributed by atoms with E-state index in [1.807, 2.05) is 18.2 Å². The fourth-order valence-electron chi connectivity index (χ4n) is 1.64. The first-order valence-electron chi connectivity index (χ1n) is 6.08. The minimum absolute atomic E-state index is 0.119. The number of benzene rings is 1. The number of hydrogen-bond donors (Lipinski definition) is 1. The highest BCUT2D eigenvalue weighted by Crippen LogP contribution is 2.15. The standard InChI is InChI=1S/C14H16N2O2S/c1-2-19(17,18)14-8-6-12(7-9-14)16-11-13-5-3-4-10-15-13/h3-10,16H,2,11H2,1H3. The van der Waals surface area contributed by atoms with Gasteiger partial charge in [0.15, 0.2) is 9.84 Å². The van der Waals surface area contributed by atoms with Crippen molar-refractivity contribution >= 4 is 15.5 Å². The Hall–Kier alpha value is -1.88. The van der Waals surface area contributed by atoms with Crippen molar-refractivity contribution in [1.29, 1.82) is 0 Å². The van der Waals surface area contributed by atoms with Crippen LogP contribution in [0.5, 0.6) is 0 Å². The molecule has 1 aromatic heterocycles. The Morgan fingerprint density at radius 3 is 2.42 bits per heavy atom. The van der Waals surface area contributed by atoms with Crippen molar-refractivity contribution in [1.82, 2.24) is 4.98 Å². The summed E-state index contributed by atoms with van der Waals surface area (Å²) >= 11 is 0. The minimum atomic E-state index is -3.12. The summed E-state index contributed by atoms with van der Waals surface area (Å²) in [6.07, 6.45) is 1.74. The van der Waals surface area contributed by atoms with Crippen LogP contribution >= 0.6 is 0 Å². The molecule has 0 aliphatic rings. The van der Waals surface area contributed by atoms with Gasteiger partial charge in [-0.25, -0.2) is 8.42 Å². The number of rotatable bonds is 5. The largest absolute Gasteiger partial charge is 0.379 e. The molecule has 0 fully saturated rings. The van der Waals surface area contributed by atoms with Crippen LogP contribution < -0.4 is 5.32 Å². The molecular weight excluding hydrogens is 260 g/mol. The van der Waals surface area contributed by atoms with Crippen molar-refractivity contribution in [3.63, 3.8) is 0 Å². The highest BCUT2D eigenvalue weighted by Gasteiger charge is 2.10. The maximum atomic E-state index is 11.7. The van der Waals surface area contributed by atoms with E-state index in [1.54, 1.807) is 37.4 Å². The van der Waals surface area contributed by atoms with E-state index < -0.39 is 9.84 Å². The Kier molecular flexibility index (Phi) is 4.16. The molecule has 0 aliphatic carbocycles.